The molecule has 6 nitrogen and oxygen atoms in total. The third kappa shape index (κ3) is 3.75. The van der Waals surface area contributed by atoms with Crippen LogP contribution in [0.5, 0.6) is 5.75 Å². The Morgan fingerprint density at radius 3 is 2.52 bits per heavy atom. The van der Waals surface area contributed by atoms with E-state index in [2.05, 4.69) is 0 Å². The molecule has 1 unspecified atom stereocenters. The van der Waals surface area contributed by atoms with Gasteiger partial charge in [0.2, 0.25) is 10.0 Å². The molecule has 0 spiro atoms. The van der Waals surface area contributed by atoms with E-state index in [0.29, 0.717) is 16.9 Å². The highest BCUT2D eigenvalue weighted by molar-refractivity contribution is 7.89. The van der Waals surface area contributed by atoms with Crippen LogP contribution in [0.1, 0.15) is 17.5 Å². The van der Waals surface area contributed by atoms with Gasteiger partial charge in [-0.3, -0.25) is 4.79 Å². The van der Waals surface area contributed by atoms with Gasteiger partial charge in [0.15, 0.2) is 0 Å². The molecule has 0 aliphatic heterocycles. The van der Waals surface area contributed by atoms with Crippen LogP contribution in [0.3, 0.4) is 0 Å². The molecule has 0 bridgehead atoms. The Labute approximate surface area is 130 Å². The van der Waals surface area contributed by atoms with Crippen LogP contribution in [0.4, 0.5) is 13.2 Å². The minimum Gasteiger partial charge on any atom is -0.496 e. The van der Waals surface area contributed by atoms with Crippen molar-refractivity contribution in [1.29, 1.82) is 0 Å². The van der Waals surface area contributed by atoms with Gasteiger partial charge in [0, 0.05) is 11.6 Å². The molecule has 2 rings (SSSR count). The average Bonchev–Trinajstić information content (AvgIpc) is 2.43. The molecule has 0 aromatic heterocycles. The fourth-order valence-corrected chi connectivity index (χ4v) is 3.49. The number of rotatable bonds is 3. The summed E-state index contributed by atoms with van der Waals surface area (Å²) in [6, 6.07) is 1.94. The first kappa shape index (κ1) is 17.5. The summed E-state index contributed by atoms with van der Waals surface area (Å²) in [6.07, 6.45) is -4.60. The van der Waals surface area contributed by atoms with Crippen molar-refractivity contribution in [3.63, 3.8) is 0 Å². The zero-order valence-electron chi connectivity index (χ0n) is 12.1. The quantitative estimate of drug-likeness (QED) is 0.844. The number of benzene rings is 1. The van der Waals surface area contributed by atoms with Gasteiger partial charge in [0.05, 0.1) is 12.0 Å². The molecular formula is C13H15F3N2O4S. The van der Waals surface area contributed by atoms with Gasteiger partial charge >= 0.3 is 12.1 Å². The maximum atomic E-state index is 12.3. The zero-order valence-corrected chi connectivity index (χ0v) is 12.9. The van der Waals surface area contributed by atoms with Crippen LogP contribution in [-0.2, 0) is 27.7 Å². The molecule has 10 heteroatoms. The van der Waals surface area contributed by atoms with Crippen LogP contribution in [0.2, 0.25) is 0 Å². The molecule has 0 saturated carbocycles. The molecule has 1 aromatic carbocycles. The fraction of sp³-hybridized carbons (Fsp3) is 0.462. The number of carbonyl (C=O) groups excluding carboxylic acids is 1. The molecule has 3 N–H and O–H groups in total. The number of nitrogens with one attached hydrogen (secondary N) is 1. The van der Waals surface area contributed by atoms with E-state index in [-0.39, 0.29) is 24.2 Å². The second-order valence-corrected chi connectivity index (χ2v) is 6.71. The van der Waals surface area contributed by atoms with Gasteiger partial charge < -0.3 is 10.1 Å². The molecular weight excluding hydrogens is 337 g/mol. The van der Waals surface area contributed by atoms with Crippen molar-refractivity contribution < 1.29 is 31.1 Å². The minimum absolute atomic E-state index is 0.0314. The van der Waals surface area contributed by atoms with Gasteiger partial charge in [-0.1, -0.05) is 0 Å². The van der Waals surface area contributed by atoms with Gasteiger partial charge in [0.25, 0.3) is 0 Å². The number of carbonyl (C=O) groups is 1. The Kier molecular flexibility index (Phi) is 4.58. The summed E-state index contributed by atoms with van der Waals surface area (Å²) in [5.74, 6) is -1.68. The highest BCUT2D eigenvalue weighted by Gasteiger charge is 2.40. The Bertz CT molecular complexity index is 731. The molecule has 1 amide bonds. The number of fused-ring (bicyclic) bond motifs is 1. The molecule has 1 aliphatic rings. The normalized spacial score (nSPS) is 18.2. The van der Waals surface area contributed by atoms with E-state index in [1.165, 1.54) is 19.2 Å². The first-order chi connectivity index (χ1) is 10.5. The summed E-state index contributed by atoms with van der Waals surface area (Å²) in [6.45, 7) is 0. The topological polar surface area (TPSA) is 98.5 Å². The number of hydrogen-bond donors (Lipinski definition) is 2. The van der Waals surface area contributed by atoms with Gasteiger partial charge in [-0.2, -0.15) is 13.2 Å². The molecule has 1 aromatic rings. The highest BCUT2D eigenvalue weighted by Crippen LogP contribution is 2.34. The van der Waals surface area contributed by atoms with E-state index in [0.717, 1.165) is 0 Å². The van der Waals surface area contributed by atoms with E-state index in [4.69, 9.17) is 9.88 Å². The van der Waals surface area contributed by atoms with E-state index in [9.17, 15) is 26.4 Å². The number of amides is 1. The van der Waals surface area contributed by atoms with E-state index in [1.807, 2.05) is 5.32 Å². The molecule has 0 saturated heterocycles. The lowest BCUT2D eigenvalue weighted by Gasteiger charge is -2.28. The number of alkyl halides is 3. The predicted molar refractivity (Wildman–Crippen MR) is 74.4 cm³/mol. The van der Waals surface area contributed by atoms with Crippen molar-refractivity contribution in [2.45, 2.75) is 36.4 Å². The van der Waals surface area contributed by atoms with Gasteiger partial charge in [0.1, 0.15) is 5.75 Å². The lowest BCUT2D eigenvalue weighted by Crippen LogP contribution is -2.45. The van der Waals surface area contributed by atoms with Crippen molar-refractivity contribution in [1.82, 2.24) is 5.32 Å². The van der Waals surface area contributed by atoms with Gasteiger partial charge in [-0.25, -0.2) is 13.6 Å². The van der Waals surface area contributed by atoms with Crippen LogP contribution in [0.15, 0.2) is 17.0 Å². The number of methoxy groups -OCH3 is 1. The minimum atomic E-state index is -4.97. The van der Waals surface area contributed by atoms with Crippen LogP contribution < -0.4 is 15.2 Å². The first-order valence-corrected chi connectivity index (χ1v) is 8.18. The fourth-order valence-electron chi connectivity index (χ4n) is 2.66. The summed E-state index contributed by atoms with van der Waals surface area (Å²) < 4.78 is 65.4. The lowest BCUT2D eigenvalue weighted by molar-refractivity contribution is -0.174. The molecule has 23 heavy (non-hydrogen) atoms. The third-order valence-electron chi connectivity index (χ3n) is 3.66. The van der Waals surface area contributed by atoms with Crippen LogP contribution >= 0.6 is 0 Å². The van der Waals surface area contributed by atoms with Crippen molar-refractivity contribution in [2.24, 2.45) is 5.14 Å². The number of nitrogens with two attached hydrogens (primary N) is 1. The Hall–Kier alpha value is -1.81. The average molecular weight is 352 g/mol. The van der Waals surface area contributed by atoms with Crippen LogP contribution in [0, 0.1) is 0 Å². The molecule has 1 atom stereocenters. The third-order valence-corrected chi connectivity index (χ3v) is 4.65. The van der Waals surface area contributed by atoms with E-state index in [1.54, 1.807) is 0 Å². The van der Waals surface area contributed by atoms with Gasteiger partial charge in [-0.05, 0) is 37.0 Å². The van der Waals surface area contributed by atoms with E-state index < -0.39 is 28.1 Å². The number of sulfonamides is 1. The number of ether oxygens (including phenoxy) is 1. The largest absolute Gasteiger partial charge is 0.496 e. The Morgan fingerprint density at radius 1 is 1.35 bits per heavy atom. The summed E-state index contributed by atoms with van der Waals surface area (Å²) in [7, 11) is -2.59. The van der Waals surface area contributed by atoms with Crippen molar-refractivity contribution in [2.75, 3.05) is 7.11 Å². The molecule has 128 valence electrons. The van der Waals surface area contributed by atoms with Crippen molar-refractivity contribution in [3.8, 4) is 5.75 Å². The molecule has 0 heterocycles. The van der Waals surface area contributed by atoms with Crippen LogP contribution in [-0.4, -0.2) is 33.7 Å². The second kappa shape index (κ2) is 6.00. The van der Waals surface area contributed by atoms with Crippen molar-refractivity contribution >= 4 is 15.9 Å². The smallest absolute Gasteiger partial charge is 0.471 e. The SMILES string of the molecule is COc1ccc(S(N)(=O)=O)c2c1CC(NC(=O)C(F)(F)F)CC2. The Balaban J connectivity index is 2.35. The zero-order chi connectivity index (χ0) is 17.4. The maximum Gasteiger partial charge on any atom is 0.471 e. The summed E-state index contributed by atoms with van der Waals surface area (Å²) in [5, 5.41) is 7.07. The summed E-state index contributed by atoms with van der Waals surface area (Å²) in [4.78, 5) is 11.0. The monoisotopic (exact) mass is 352 g/mol. The standard InChI is InChI=1S/C13H15F3N2O4S/c1-22-10-4-5-11(23(17,20)21)8-3-2-7(6-9(8)10)18-12(19)13(14,15)16/h4-5,7H,2-3,6H2,1H3,(H,18,19)(H2,17,20,21). The Morgan fingerprint density at radius 2 is 2.00 bits per heavy atom. The molecule has 0 radical (unpaired) electrons. The lowest BCUT2D eigenvalue weighted by atomic mass is 9.87. The van der Waals surface area contributed by atoms with Crippen LogP contribution in [0.25, 0.3) is 0 Å². The number of halogens is 3. The highest BCUT2D eigenvalue weighted by atomic mass is 32.2. The summed E-state index contributed by atoms with van der Waals surface area (Å²) >= 11 is 0. The van der Waals surface area contributed by atoms with Gasteiger partial charge in [-0.15, -0.1) is 0 Å². The van der Waals surface area contributed by atoms with E-state index >= 15 is 0 Å². The van der Waals surface area contributed by atoms with Crippen molar-refractivity contribution in [3.05, 3.63) is 23.3 Å². The second-order valence-electron chi connectivity index (χ2n) is 5.18. The molecule has 0 fully saturated rings. The maximum absolute atomic E-state index is 12.3. The number of hydrogen-bond acceptors (Lipinski definition) is 4. The molecule has 1 aliphatic carbocycles. The predicted octanol–water partition coefficient (Wildman–Crippen LogP) is 0.878. The summed E-state index contributed by atoms with van der Waals surface area (Å²) in [5.41, 5.74) is 0.863. The first-order valence-electron chi connectivity index (χ1n) is 6.63. The number of primary sulfonamides is 1.